The highest BCUT2D eigenvalue weighted by Crippen LogP contribution is 2.48. The van der Waals surface area contributed by atoms with Gasteiger partial charge in [0.05, 0.1) is 20.6 Å². The Kier molecular flexibility index (Phi) is 2.24. The maximum Gasteiger partial charge on any atom is 0.159 e. The molecule has 1 unspecified atom stereocenters. The van der Waals surface area contributed by atoms with E-state index in [4.69, 9.17) is 4.42 Å². The molecule has 0 aromatic carbocycles. The predicted molar refractivity (Wildman–Crippen MR) is 70.7 cm³/mol. The lowest BCUT2D eigenvalue weighted by molar-refractivity contribution is -0.115. The van der Waals surface area contributed by atoms with Crippen LogP contribution < -0.4 is 0 Å². The molecule has 0 amide bonds. The number of carbonyl (C=O) groups excluding carboxylic acids is 1. The molecular weight excluding hydrogens is 228 g/mol. The summed E-state index contributed by atoms with van der Waals surface area (Å²) in [5.74, 6) is 0.388. The van der Waals surface area contributed by atoms with Gasteiger partial charge in [0.2, 0.25) is 0 Å². The number of hydrogen-bond acceptors (Lipinski definition) is 2. The van der Waals surface area contributed by atoms with E-state index in [1.54, 1.807) is 0 Å². The largest absolute Gasteiger partial charge is 0.472 e. The topological polar surface area (TPSA) is 30.2 Å². The number of fused-ring (bicyclic) bond motifs is 2. The summed E-state index contributed by atoms with van der Waals surface area (Å²) in [7, 11) is -1.35. The Balaban J connectivity index is 2.18. The fourth-order valence-corrected chi connectivity index (χ4v) is 5.20. The van der Waals surface area contributed by atoms with Crippen molar-refractivity contribution in [1.82, 2.24) is 0 Å². The van der Waals surface area contributed by atoms with E-state index in [0.717, 1.165) is 18.4 Å². The van der Waals surface area contributed by atoms with Crippen molar-refractivity contribution in [3.63, 3.8) is 0 Å². The molecule has 0 aliphatic heterocycles. The Labute approximate surface area is 103 Å². The Bertz CT molecular complexity index is 517. The Morgan fingerprint density at radius 2 is 2.00 bits per heavy atom. The second kappa shape index (κ2) is 3.45. The van der Waals surface area contributed by atoms with Gasteiger partial charge in [-0.2, -0.15) is 0 Å². The van der Waals surface area contributed by atoms with Crippen LogP contribution in [0.2, 0.25) is 25.2 Å². The molecule has 90 valence electrons. The van der Waals surface area contributed by atoms with Crippen LogP contribution in [0, 0.1) is 0 Å². The van der Waals surface area contributed by atoms with Crippen LogP contribution in [0.15, 0.2) is 22.5 Å². The van der Waals surface area contributed by atoms with E-state index in [0.29, 0.717) is 17.7 Å². The molecule has 3 rings (SSSR count). The molecule has 1 atom stereocenters. The molecule has 0 fully saturated rings. The van der Waals surface area contributed by atoms with Crippen LogP contribution in [0.4, 0.5) is 0 Å². The number of carbonyl (C=O) groups is 1. The van der Waals surface area contributed by atoms with Crippen molar-refractivity contribution in [1.29, 1.82) is 0 Å². The molecule has 0 bridgehead atoms. The zero-order valence-electron chi connectivity index (χ0n) is 10.7. The van der Waals surface area contributed by atoms with Crippen molar-refractivity contribution in [2.75, 3.05) is 0 Å². The van der Waals surface area contributed by atoms with Crippen LogP contribution in [-0.2, 0) is 11.2 Å². The highest BCUT2D eigenvalue weighted by Gasteiger charge is 2.41. The summed E-state index contributed by atoms with van der Waals surface area (Å²) >= 11 is 0. The molecule has 2 nitrogen and oxygen atoms in total. The maximum absolute atomic E-state index is 12.1. The SMILES string of the molecule is C[Si](C)(C)C1Cc2cocc2C2=C1C(=O)CC2. The lowest BCUT2D eigenvalue weighted by atomic mass is 9.89. The Morgan fingerprint density at radius 1 is 1.24 bits per heavy atom. The highest BCUT2D eigenvalue weighted by atomic mass is 28.3. The summed E-state index contributed by atoms with van der Waals surface area (Å²) in [5, 5.41) is 0. The fourth-order valence-electron chi connectivity index (χ4n) is 3.17. The smallest absolute Gasteiger partial charge is 0.159 e. The number of hydrogen-bond donors (Lipinski definition) is 0. The standard InChI is InChI=1S/C14H18O2Si/c1-17(2,3)13-6-9-7-16-8-11(9)10-4-5-12(15)14(10)13/h7-8,13H,4-6H2,1-3H3. The van der Waals surface area contributed by atoms with E-state index in [-0.39, 0.29) is 0 Å². The number of Topliss-reactive ketones (excluding diaryl/α,β-unsaturated/α-hetero) is 1. The molecule has 2 aliphatic carbocycles. The van der Waals surface area contributed by atoms with Gasteiger partial charge in [0.1, 0.15) is 0 Å². The number of allylic oxidation sites excluding steroid dienone is 2. The van der Waals surface area contributed by atoms with Crippen LogP contribution in [-0.4, -0.2) is 13.9 Å². The zero-order valence-corrected chi connectivity index (χ0v) is 11.7. The molecule has 3 heteroatoms. The van der Waals surface area contributed by atoms with E-state index in [9.17, 15) is 4.79 Å². The minimum Gasteiger partial charge on any atom is -0.472 e. The van der Waals surface area contributed by atoms with Gasteiger partial charge in [-0.25, -0.2) is 0 Å². The summed E-state index contributed by atoms with van der Waals surface area (Å²) in [4.78, 5) is 12.1. The van der Waals surface area contributed by atoms with E-state index >= 15 is 0 Å². The summed E-state index contributed by atoms with van der Waals surface area (Å²) < 4.78 is 5.34. The molecule has 0 saturated carbocycles. The summed E-state index contributed by atoms with van der Waals surface area (Å²) in [6.07, 6.45) is 6.32. The van der Waals surface area contributed by atoms with Crippen LogP contribution in [0.3, 0.4) is 0 Å². The molecule has 1 aromatic rings. The second-order valence-corrected chi connectivity index (χ2v) is 11.7. The first-order chi connectivity index (χ1) is 7.98. The van der Waals surface area contributed by atoms with Gasteiger partial charge < -0.3 is 4.42 Å². The van der Waals surface area contributed by atoms with Crippen LogP contribution in [0.1, 0.15) is 24.0 Å². The van der Waals surface area contributed by atoms with E-state index in [1.165, 1.54) is 16.7 Å². The number of ketones is 1. The molecule has 0 saturated heterocycles. The Morgan fingerprint density at radius 3 is 2.71 bits per heavy atom. The third kappa shape index (κ3) is 1.56. The third-order valence-electron chi connectivity index (χ3n) is 4.11. The molecule has 2 aliphatic rings. The van der Waals surface area contributed by atoms with Crippen molar-refractivity contribution in [3.8, 4) is 0 Å². The van der Waals surface area contributed by atoms with Gasteiger partial charge in [-0.3, -0.25) is 4.79 Å². The predicted octanol–water partition coefficient (Wildman–Crippen LogP) is 3.66. The highest BCUT2D eigenvalue weighted by molar-refractivity contribution is 6.78. The maximum atomic E-state index is 12.1. The lowest BCUT2D eigenvalue weighted by Crippen LogP contribution is -2.34. The minimum absolute atomic E-state index is 0.388. The second-order valence-electron chi connectivity index (χ2n) is 6.25. The van der Waals surface area contributed by atoms with Gasteiger partial charge in [-0.15, -0.1) is 0 Å². The van der Waals surface area contributed by atoms with Gasteiger partial charge in [-0.1, -0.05) is 19.6 Å². The first-order valence-electron chi connectivity index (χ1n) is 6.30. The van der Waals surface area contributed by atoms with Gasteiger partial charge in [0.15, 0.2) is 5.78 Å². The van der Waals surface area contributed by atoms with E-state index in [2.05, 4.69) is 19.6 Å². The first-order valence-corrected chi connectivity index (χ1v) is 9.88. The van der Waals surface area contributed by atoms with Crippen LogP contribution in [0.25, 0.3) is 5.57 Å². The molecular formula is C14H18O2Si. The van der Waals surface area contributed by atoms with Gasteiger partial charge in [0.25, 0.3) is 0 Å². The average Bonchev–Trinajstić information content (AvgIpc) is 2.81. The lowest BCUT2D eigenvalue weighted by Gasteiger charge is -2.33. The van der Waals surface area contributed by atoms with Gasteiger partial charge >= 0.3 is 0 Å². The third-order valence-corrected chi connectivity index (χ3v) is 6.70. The zero-order chi connectivity index (χ0) is 12.2. The van der Waals surface area contributed by atoms with E-state index < -0.39 is 8.07 Å². The number of furan rings is 1. The summed E-state index contributed by atoms with van der Waals surface area (Å²) in [6.45, 7) is 7.08. The van der Waals surface area contributed by atoms with Crippen molar-refractivity contribution in [2.45, 2.75) is 44.4 Å². The molecule has 0 radical (unpaired) electrons. The Hall–Kier alpha value is -1.09. The number of rotatable bonds is 1. The molecule has 1 aromatic heterocycles. The molecule has 1 heterocycles. The summed E-state index contributed by atoms with van der Waals surface area (Å²) in [5.41, 5.74) is 5.44. The normalized spacial score (nSPS) is 23.9. The van der Waals surface area contributed by atoms with Gasteiger partial charge in [0, 0.05) is 12.0 Å². The minimum atomic E-state index is -1.35. The van der Waals surface area contributed by atoms with Crippen molar-refractivity contribution < 1.29 is 9.21 Å². The molecule has 17 heavy (non-hydrogen) atoms. The first kappa shape index (κ1) is 11.0. The van der Waals surface area contributed by atoms with Crippen LogP contribution in [0.5, 0.6) is 0 Å². The summed E-state index contributed by atoms with van der Waals surface area (Å²) in [6, 6.07) is 0. The fraction of sp³-hybridized carbons (Fsp3) is 0.500. The van der Waals surface area contributed by atoms with Crippen molar-refractivity contribution >= 4 is 19.4 Å². The molecule has 0 spiro atoms. The average molecular weight is 246 g/mol. The van der Waals surface area contributed by atoms with Gasteiger partial charge in [-0.05, 0) is 35.1 Å². The quantitative estimate of drug-likeness (QED) is 0.708. The monoisotopic (exact) mass is 246 g/mol. The van der Waals surface area contributed by atoms with Crippen LogP contribution >= 0.6 is 0 Å². The van der Waals surface area contributed by atoms with Crippen molar-refractivity contribution in [2.24, 2.45) is 0 Å². The molecule has 0 N–H and O–H groups in total. The van der Waals surface area contributed by atoms with Crippen molar-refractivity contribution in [3.05, 3.63) is 29.2 Å². The van der Waals surface area contributed by atoms with E-state index in [1.807, 2.05) is 12.5 Å².